The highest BCUT2D eigenvalue weighted by Gasteiger charge is 2.19. The molecule has 0 fully saturated rings. The van der Waals surface area contributed by atoms with Crippen molar-refractivity contribution in [2.75, 3.05) is 40.8 Å². The van der Waals surface area contributed by atoms with Gasteiger partial charge in [0.2, 0.25) is 0 Å². The Hall–Kier alpha value is -1.62. The van der Waals surface area contributed by atoms with Crippen LogP contribution in [0.2, 0.25) is 0 Å². The van der Waals surface area contributed by atoms with Crippen molar-refractivity contribution in [1.29, 1.82) is 0 Å². The van der Waals surface area contributed by atoms with Gasteiger partial charge in [0, 0.05) is 45.0 Å². The lowest BCUT2D eigenvalue weighted by atomic mass is 9.93. The molecule has 0 saturated carbocycles. The molecule has 0 spiro atoms. The van der Waals surface area contributed by atoms with E-state index >= 15 is 0 Å². The fraction of sp³-hybridized carbons (Fsp3) is 0.625. The molecular formula is C16H29N5. The number of hydrogen-bond acceptors (Lipinski definition) is 3. The summed E-state index contributed by atoms with van der Waals surface area (Å²) in [6.45, 7) is 7.24. The van der Waals surface area contributed by atoms with E-state index in [0.717, 1.165) is 37.7 Å². The lowest BCUT2D eigenvalue weighted by molar-refractivity contribution is 0.241. The molecule has 0 saturated heterocycles. The SMILES string of the molecule is CN=C(NCCc1ccccn1)NCC(C)(C)CN(C)C. The number of nitrogens with one attached hydrogen (secondary N) is 2. The molecule has 0 aromatic carbocycles. The van der Waals surface area contributed by atoms with Crippen LogP contribution >= 0.6 is 0 Å². The minimum Gasteiger partial charge on any atom is -0.356 e. The molecule has 0 aliphatic rings. The quantitative estimate of drug-likeness (QED) is 0.588. The second kappa shape index (κ2) is 8.62. The predicted octanol–water partition coefficient (Wildman–Crippen LogP) is 1.38. The van der Waals surface area contributed by atoms with Crippen molar-refractivity contribution in [2.45, 2.75) is 20.3 Å². The fourth-order valence-corrected chi connectivity index (χ4v) is 2.31. The first-order valence-electron chi connectivity index (χ1n) is 7.42. The van der Waals surface area contributed by atoms with Crippen molar-refractivity contribution in [3.63, 3.8) is 0 Å². The van der Waals surface area contributed by atoms with Crippen LogP contribution < -0.4 is 10.6 Å². The number of aromatic nitrogens is 1. The molecule has 118 valence electrons. The van der Waals surface area contributed by atoms with Gasteiger partial charge in [0.15, 0.2) is 5.96 Å². The molecule has 1 rings (SSSR count). The van der Waals surface area contributed by atoms with E-state index < -0.39 is 0 Å². The first-order valence-corrected chi connectivity index (χ1v) is 7.42. The summed E-state index contributed by atoms with van der Waals surface area (Å²) in [7, 11) is 6.00. The Balaban J connectivity index is 2.32. The summed E-state index contributed by atoms with van der Waals surface area (Å²) >= 11 is 0. The van der Waals surface area contributed by atoms with Gasteiger partial charge in [0.1, 0.15) is 0 Å². The molecule has 21 heavy (non-hydrogen) atoms. The molecule has 0 atom stereocenters. The van der Waals surface area contributed by atoms with Crippen molar-refractivity contribution in [1.82, 2.24) is 20.5 Å². The smallest absolute Gasteiger partial charge is 0.191 e. The van der Waals surface area contributed by atoms with Gasteiger partial charge in [0.05, 0.1) is 0 Å². The predicted molar refractivity (Wildman–Crippen MR) is 89.6 cm³/mol. The van der Waals surface area contributed by atoms with Gasteiger partial charge in [-0.1, -0.05) is 19.9 Å². The summed E-state index contributed by atoms with van der Waals surface area (Å²) in [5.74, 6) is 0.845. The van der Waals surface area contributed by atoms with Gasteiger partial charge in [0.25, 0.3) is 0 Å². The molecule has 2 N–H and O–H groups in total. The van der Waals surface area contributed by atoms with Crippen molar-refractivity contribution < 1.29 is 0 Å². The standard InChI is InChI=1S/C16H29N5/c1-16(2,13-21(4)5)12-20-15(17-3)19-11-9-14-8-6-7-10-18-14/h6-8,10H,9,11-13H2,1-5H3,(H2,17,19,20). The van der Waals surface area contributed by atoms with Gasteiger partial charge in [-0.2, -0.15) is 0 Å². The second-order valence-electron chi connectivity index (χ2n) is 6.33. The zero-order chi connectivity index (χ0) is 15.7. The Morgan fingerprint density at radius 2 is 2.05 bits per heavy atom. The molecular weight excluding hydrogens is 262 g/mol. The third-order valence-corrected chi connectivity index (χ3v) is 3.10. The summed E-state index contributed by atoms with van der Waals surface area (Å²) < 4.78 is 0. The van der Waals surface area contributed by atoms with Crippen LogP contribution in [0.4, 0.5) is 0 Å². The molecule has 1 aromatic rings. The van der Waals surface area contributed by atoms with Crippen molar-refractivity contribution in [2.24, 2.45) is 10.4 Å². The maximum Gasteiger partial charge on any atom is 0.191 e. The van der Waals surface area contributed by atoms with Gasteiger partial charge in [-0.25, -0.2) is 0 Å². The van der Waals surface area contributed by atoms with Crippen LogP contribution in [-0.4, -0.2) is 56.6 Å². The van der Waals surface area contributed by atoms with Crippen LogP contribution in [-0.2, 0) is 6.42 Å². The Bertz CT molecular complexity index is 426. The Morgan fingerprint density at radius 3 is 2.62 bits per heavy atom. The van der Waals surface area contributed by atoms with Crippen LogP contribution in [0.1, 0.15) is 19.5 Å². The van der Waals surface area contributed by atoms with Gasteiger partial charge in [-0.3, -0.25) is 9.98 Å². The largest absolute Gasteiger partial charge is 0.356 e. The minimum atomic E-state index is 0.197. The molecule has 0 aliphatic heterocycles. The first-order chi connectivity index (χ1) is 9.93. The highest BCUT2D eigenvalue weighted by Crippen LogP contribution is 2.13. The van der Waals surface area contributed by atoms with E-state index in [9.17, 15) is 0 Å². The van der Waals surface area contributed by atoms with E-state index in [4.69, 9.17) is 0 Å². The topological polar surface area (TPSA) is 52.6 Å². The lowest BCUT2D eigenvalue weighted by Crippen LogP contribution is -2.45. The van der Waals surface area contributed by atoms with Crippen molar-refractivity contribution >= 4 is 5.96 Å². The number of hydrogen-bond donors (Lipinski definition) is 2. The second-order valence-corrected chi connectivity index (χ2v) is 6.33. The fourth-order valence-electron chi connectivity index (χ4n) is 2.31. The van der Waals surface area contributed by atoms with Crippen molar-refractivity contribution in [3.8, 4) is 0 Å². The van der Waals surface area contributed by atoms with Crippen LogP contribution in [0.5, 0.6) is 0 Å². The average Bonchev–Trinajstić information content (AvgIpc) is 2.42. The van der Waals surface area contributed by atoms with E-state index in [2.05, 4.69) is 53.5 Å². The molecule has 1 heterocycles. The van der Waals surface area contributed by atoms with Gasteiger partial charge in [-0.05, 0) is 31.6 Å². The van der Waals surface area contributed by atoms with Crippen LogP contribution in [0.3, 0.4) is 0 Å². The summed E-state index contributed by atoms with van der Waals surface area (Å²) in [4.78, 5) is 10.8. The van der Waals surface area contributed by atoms with Gasteiger partial charge >= 0.3 is 0 Å². The van der Waals surface area contributed by atoms with Crippen LogP contribution in [0.15, 0.2) is 29.4 Å². The van der Waals surface area contributed by atoms with Crippen molar-refractivity contribution in [3.05, 3.63) is 30.1 Å². The molecule has 5 nitrogen and oxygen atoms in total. The normalized spacial score (nSPS) is 12.6. The average molecular weight is 291 g/mol. The van der Waals surface area contributed by atoms with E-state index in [1.54, 1.807) is 7.05 Å². The van der Waals surface area contributed by atoms with Gasteiger partial charge < -0.3 is 15.5 Å². The number of pyridine rings is 1. The highest BCUT2D eigenvalue weighted by atomic mass is 15.2. The monoisotopic (exact) mass is 291 g/mol. The molecule has 0 aliphatic carbocycles. The van der Waals surface area contributed by atoms with Crippen LogP contribution in [0.25, 0.3) is 0 Å². The zero-order valence-corrected chi connectivity index (χ0v) is 14.0. The minimum absolute atomic E-state index is 0.197. The molecule has 5 heteroatoms. The molecule has 0 unspecified atom stereocenters. The van der Waals surface area contributed by atoms with Gasteiger partial charge in [-0.15, -0.1) is 0 Å². The zero-order valence-electron chi connectivity index (χ0n) is 14.0. The third kappa shape index (κ3) is 7.66. The highest BCUT2D eigenvalue weighted by molar-refractivity contribution is 5.79. The van der Waals surface area contributed by atoms with Crippen LogP contribution in [0, 0.1) is 5.41 Å². The maximum atomic E-state index is 4.31. The lowest BCUT2D eigenvalue weighted by Gasteiger charge is -2.29. The summed E-state index contributed by atoms with van der Waals surface area (Å²) in [5.41, 5.74) is 1.29. The first kappa shape index (κ1) is 17.4. The number of rotatable bonds is 7. The summed E-state index contributed by atoms with van der Waals surface area (Å²) in [6, 6.07) is 5.99. The number of guanidine groups is 1. The Kier molecular flexibility index (Phi) is 7.15. The van der Waals surface area contributed by atoms with E-state index in [1.807, 2.05) is 24.4 Å². The molecule has 0 amide bonds. The number of aliphatic imine (C=N–C) groups is 1. The summed E-state index contributed by atoms with van der Waals surface area (Å²) in [5, 5.41) is 6.72. The van der Waals surface area contributed by atoms with E-state index in [1.165, 1.54) is 0 Å². The maximum absolute atomic E-state index is 4.31. The molecule has 0 radical (unpaired) electrons. The molecule has 1 aromatic heterocycles. The number of nitrogens with zero attached hydrogens (tertiary/aromatic N) is 3. The van der Waals surface area contributed by atoms with E-state index in [0.29, 0.717) is 0 Å². The molecule has 0 bridgehead atoms. The third-order valence-electron chi connectivity index (χ3n) is 3.10. The summed E-state index contributed by atoms with van der Waals surface area (Å²) in [6.07, 6.45) is 2.72. The Labute approximate surface area is 128 Å². The van der Waals surface area contributed by atoms with E-state index in [-0.39, 0.29) is 5.41 Å². The Morgan fingerprint density at radius 1 is 1.29 bits per heavy atom.